The van der Waals surface area contributed by atoms with Crippen molar-refractivity contribution in [3.05, 3.63) is 35.6 Å². The standard InChI is InChI=1S/C9H8O4/c10-7-3-1-6(2-4-7)5-8(11)9(12)13/h1-5,10-11H,(H,12,13)/b8-5-. The number of benzene rings is 1. The van der Waals surface area contributed by atoms with Crippen LogP contribution in [-0.4, -0.2) is 21.3 Å². The summed E-state index contributed by atoms with van der Waals surface area (Å²) < 4.78 is 0. The van der Waals surface area contributed by atoms with Gasteiger partial charge in [0.2, 0.25) is 5.76 Å². The molecule has 0 saturated heterocycles. The number of aliphatic carboxylic acids is 1. The van der Waals surface area contributed by atoms with Gasteiger partial charge in [-0.15, -0.1) is 0 Å². The largest absolute Gasteiger partial charge is 0.508 e. The van der Waals surface area contributed by atoms with Gasteiger partial charge in [-0.05, 0) is 23.8 Å². The fourth-order valence-corrected chi connectivity index (χ4v) is 0.790. The summed E-state index contributed by atoms with van der Waals surface area (Å²) in [5, 5.41) is 26.1. The molecule has 0 aliphatic carbocycles. The first-order valence-corrected chi connectivity index (χ1v) is 3.52. The summed E-state index contributed by atoms with van der Waals surface area (Å²) in [6.45, 7) is 0. The van der Waals surface area contributed by atoms with Crippen LogP contribution in [0.1, 0.15) is 5.56 Å². The molecule has 68 valence electrons. The molecule has 0 bridgehead atoms. The zero-order valence-corrected chi connectivity index (χ0v) is 6.64. The molecule has 0 unspecified atom stereocenters. The molecule has 1 aromatic rings. The third-order valence-corrected chi connectivity index (χ3v) is 1.42. The molecule has 0 spiro atoms. The normalized spacial score (nSPS) is 11.2. The van der Waals surface area contributed by atoms with E-state index >= 15 is 0 Å². The maximum absolute atomic E-state index is 10.2. The van der Waals surface area contributed by atoms with Gasteiger partial charge in [0.1, 0.15) is 5.75 Å². The topological polar surface area (TPSA) is 77.8 Å². The minimum absolute atomic E-state index is 0.0898. The van der Waals surface area contributed by atoms with Crippen molar-refractivity contribution in [2.45, 2.75) is 0 Å². The monoisotopic (exact) mass is 180 g/mol. The van der Waals surface area contributed by atoms with Crippen molar-refractivity contribution >= 4 is 12.0 Å². The van der Waals surface area contributed by atoms with Crippen molar-refractivity contribution in [1.29, 1.82) is 0 Å². The smallest absolute Gasteiger partial charge is 0.370 e. The Kier molecular flexibility index (Phi) is 2.54. The van der Waals surface area contributed by atoms with E-state index in [2.05, 4.69) is 0 Å². The van der Waals surface area contributed by atoms with Crippen molar-refractivity contribution in [3.63, 3.8) is 0 Å². The lowest BCUT2D eigenvalue weighted by Crippen LogP contribution is -1.98. The van der Waals surface area contributed by atoms with Crippen LogP contribution in [0.25, 0.3) is 6.08 Å². The lowest BCUT2D eigenvalue weighted by molar-refractivity contribution is -0.135. The molecule has 0 aromatic heterocycles. The predicted molar refractivity (Wildman–Crippen MR) is 46.3 cm³/mol. The Balaban J connectivity index is 2.92. The lowest BCUT2D eigenvalue weighted by atomic mass is 10.2. The molecular weight excluding hydrogens is 172 g/mol. The number of aromatic hydroxyl groups is 1. The summed E-state index contributed by atoms with van der Waals surface area (Å²) in [4.78, 5) is 10.2. The molecule has 0 aliphatic rings. The molecule has 1 rings (SSSR count). The van der Waals surface area contributed by atoms with E-state index in [1.165, 1.54) is 24.3 Å². The molecule has 0 amide bonds. The van der Waals surface area contributed by atoms with E-state index in [0.717, 1.165) is 6.08 Å². The molecule has 0 saturated carbocycles. The lowest BCUT2D eigenvalue weighted by Gasteiger charge is -1.95. The minimum Gasteiger partial charge on any atom is -0.508 e. The molecule has 0 radical (unpaired) electrons. The van der Waals surface area contributed by atoms with Crippen LogP contribution in [0.5, 0.6) is 5.75 Å². The number of aliphatic hydroxyl groups is 1. The summed E-state index contributed by atoms with van der Waals surface area (Å²) in [6.07, 6.45) is 1.10. The Hall–Kier alpha value is -1.97. The number of rotatable bonds is 2. The highest BCUT2D eigenvalue weighted by molar-refractivity contribution is 5.89. The number of hydrogen-bond donors (Lipinski definition) is 3. The zero-order valence-electron chi connectivity index (χ0n) is 6.64. The molecule has 0 aliphatic heterocycles. The van der Waals surface area contributed by atoms with Crippen molar-refractivity contribution in [3.8, 4) is 5.75 Å². The maximum atomic E-state index is 10.2. The van der Waals surface area contributed by atoms with Gasteiger partial charge in [-0.2, -0.15) is 0 Å². The SMILES string of the molecule is O=C(O)/C(O)=C/c1ccc(O)cc1. The van der Waals surface area contributed by atoms with E-state index in [0.29, 0.717) is 5.56 Å². The molecule has 1 aromatic carbocycles. The van der Waals surface area contributed by atoms with Gasteiger partial charge in [0, 0.05) is 0 Å². The molecule has 4 heteroatoms. The quantitative estimate of drug-likeness (QED) is 0.474. The molecule has 0 fully saturated rings. The fourth-order valence-electron chi connectivity index (χ4n) is 0.790. The maximum Gasteiger partial charge on any atom is 0.370 e. The number of carboxylic acid groups (broad SMARTS) is 1. The van der Waals surface area contributed by atoms with Gasteiger partial charge >= 0.3 is 5.97 Å². The Morgan fingerprint density at radius 3 is 2.15 bits per heavy atom. The number of carboxylic acids is 1. The van der Waals surface area contributed by atoms with Gasteiger partial charge in [0.25, 0.3) is 0 Å². The van der Waals surface area contributed by atoms with Gasteiger partial charge in [-0.25, -0.2) is 4.79 Å². The highest BCUT2D eigenvalue weighted by Gasteiger charge is 2.02. The Bertz CT molecular complexity index is 337. The second-order valence-electron chi connectivity index (χ2n) is 2.43. The summed E-state index contributed by atoms with van der Waals surface area (Å²) in [5.41, 5.74) is 0.512. The zero-order chi connectivity index (χ0) is 9.84. The average molecular weight is 180 g/mol. The highest BCUT2D eigenvalue weighted by Crippen LogP contribution is 2.11. The summed E-state index contributed by atoms with van der Waals surface area (Å²) in [5.74, 6) is -2.02. The molecule has 4 nitrogen and oxygen atoms in total. The number of hydrogen-bond acceptors (Lipinski definition) is 3. The summed E-state index contributed by atoms with van der Waals surface area (Å²) in [6, 6.07) is 5.80. The van der Waals surface area contributed by atoms with Crippen LogP contribution >= 0.6 is 0 Å². The van der Waals surface area contributed by atoms with Gasteiger partial charge in [0.05, 0.1) is 0 Å². The van der Waals surface area contributed by atoms with Crippen LogP contribution < -0.4 is 0 Å². The first-order chi connectivity index (χ1) is 6.09. The third kappa shape index (κ3) is 2.52. The first kappa shape index (κ1) is 9.12. The van der Waals surface area contributed by atoms with Gasteiger partial charge < -0.3 is 15.3 Å². The average Bonchev–Trinajstić information content (AvgIpc) is 2.08. The number of carbonyl (C=O) groups is 1. The van der Waals surface area contributed by atoms with Crippen molar-refractivity contribution in [2.24, 2.45) is 0 Å². The molecule has 0 atom stereocenters. The summed E-state index contributed by atoms with van der Waals surface area (Å²) in [7, 11) is 0. The number of phenolic OH excluding ortho intramolecular Hbond substituents is 1. The highest BCUT2D eigenvalue weighted by atomic mass is 16.4. The van der Waals surface area contributed by atoms with E-state index in [1.807, 2.05) is 0 Å². The Morgan fingerprint density at radius 2 is 1.69 bits per heavy atom. The van der Waals surface area contributed by atoms with Crippen LogP contribution in [0.4, 0.5) is 0 Å². The summed E-state index contributed by atoms with van der Waals surface area (Å²) >= 11 is 0. The Morgan fingerprint density at radius 1 is 1.15 bits per heavy atom. The van der Waals surface area contributed by atoms with E-state index in [4.69, 9.17) is 15.3 Å². The number of phenols is 1. The van der Waals surface area contributed by atoms with Gasteiger partial charge in [-0.1, -0.05) is 12.1 Å². The van der Waals surface area contributed by atoms with Gasteiger partial charge in [-0.3, -0.25) is 0 Å². The van der Waals surface area contributed by atoms with Crippen LogP contribution in [0.3, 0.4) is 0 Å². The van der Waals surface area contributed by atoms with E-state index in [-0.39, 0.29) is 5.75 Å². The van der Waals surface area contributed by atoms with Crippen molar-refractivity contribution < 1.29 is 20.1 Å². The van der Waals surface area contributed by atoms with E-state index in [1.54, 1.807) is 0 Å². The molecular formula is C9H8O4. The molecule has 0 heterocycles. The van der Waals surface area contributed by atoms with Crippen LogP contribution in [-0.2, 0) is 4.79 Å². The third-order valence-electron chi connectivity index (χ3n) is 1.42. The van der Waals surface area contributed by atoms with Gasteiger partial charge in [0.15, 0.2) is 0 Å². The van der Waals surface area contributed by atoms with Crippen LogP contribution in [0.2, 0.25) is 0 Å². The first-order valence-electron chi connectivity index (χ1n) is 3.52. The van der Waals surface area contributed by atoms with Crippen LogP contribution in [0, 0.1) is 0 Å². The predicted octanol–water partition coefficient (Wildman–Crippen LogP) is 1.38. The van der Waals surface area contributed by atoms with E-state index in [9.17, 15) is 4.79 Å². The van der Waals surface area contributed by atoms with Crippen LogP contribution in [0.15, 0.2) is 30.0 Å². The molecule has 3 N–H and O–H groups in total. The van der Waals surface area contributed by atoms with Crippen molar-refractivity contribution in [1.82, 2.24) is 0 Å². The Labute approximate surface area is 74.4 Å². The minimum atomic E-state index is -1.38. The fraction of sp³-hybridized carbons (Fsp3) is 0. The number of aliphatic hydroxyl groups excluding tert-OH is 1. The molecule has 13 heavy (non-hydrogen) atoms. The second kappa shape index (κ2) is 3.62. The van der Waals surface area contributed by atoms with E-state index < -0.39 is 11.7 Å². The van der Waals surface area contributed by atoms with Crippen molar-refractivity contribution in [2.75, 3.05) is 0 Å². The second-order valence-corrected chi connectivity index (χ2v) is 2.43.